The number of hydrogen-bond acceptors (Lipinski definition) is 4. The number of hydrogen-bond donors (Lipinski definition) is 3. The number of piperidine rings is 1. The van der Waals surface area contributed by atoms with Crippen molar-refractivity contribution in [1.29, 1.82) is 0 Å². The van der Waals surface area contributed by atoms with E-state index in [0.29, 0.717) is 6.42 Å². The van der Waals surface area contributed by atoms with E-state index >= 15 is 0 Å². The summed E-state index contributed by atoms with van der Waals surface area (Å²) in [6, 6.07) is 12.8. The lowest BCUT2D eigenvalue weighted by atomic mass is 9.92. The molecule has 3 rings (SSSR count). The van der Waals surface area contributed by atoms with Crippen molar-refractivity contribution in [3.05, 3.63) is 42.5 Å². The first kappa shape index (κ1) is 16.4. The van der Waals surface area contributed by atoms with Gasteiger partial charge in [-0.3, -0.25) is 0 Å². The summed E-state index contributed by atoms with van der Waals surface area (Å²) >= 11 is 0. The highest BCUT2D eigenvalue weighted by Gasteiger charge is 2.29. The molecule has 0 radical (unpaired) electrons. The maximum atomic E-state index is 12.7. The molecule has 1 saturated heterocycles. The summed E-state index contributed by atoms with van der Waals surface area (Å²) in [6.07, 6.45) is 1.33. The molecular weight excluding hydrogens is 312 g/mol. The molecule has 23 heavy (non-hydrogen) atoms. The van der Waals surface area contributed by atoms with Crippen molar-refractivity contribution >= 4 is 20.8 Å². The smallest absolute Gasteiger partial charge is 0.240 e. The molecule has 124 valence electrons. The van der Waals surface area contributed by atoms with Gasteiger partial charge >= 0.3 is 0 Å². The minimum Gasteiger partial charge on any atom is -0.396 e. The lowest BCUT2D eigenvalue weighted by Crippen LogP contribution is -2.49. The van der Waals surface area contributed by atoms with Gasteiger partial charge < -0.3 is 10.4 Å². The Kier molecular flexibility index (Phi) is 4.96. The molecule has 0 aromatic heterocycles. The fourth-order valence-corrected chi connectivity index (χ4v) is 4.52. The lowest BCUT2D eigenvalue weighted by molar-refractivity contribution is 0.214. The quantitative estimate of drug-likeness (QED) is 0.774. The first-order valence-electron chi connectivity index (χ1n) is 7.93. The van der Waals surface area contributed by atoms with Crippen molar-refractivity contribution in [2.45, 2.75) is 23.8 Å². The van der Waals surface area contributed by atoms with Crippen LogP contribution in [0.1, 0.15) is 12.8 Å². The van der Waals surface area contributed by atoms with E-state index in [0.717, 1.165) is 30.3 Å². The van der Waals surface area contributed by atoms with E-state index < -0.39 is 10.0 Å². The molecule has 0 amide bonds. The van der Waals surface area contributed by atoms with E-state index in [-0.39, 0.29) is 23.5 Å². The fourth-order valence-electron chi connectivity index (χ4n) is 3.15. The maximum absolute atomic E-state index is 12.7. The van der Waals surface area contributed by atoms with Crippen LogP contribution < -0.4 is 10.0 Å². The average Bonchev–Trinajstić information content (AvgIpc) is 2.56. The Hall–Kier alpha value is -1.47. The van der Waals surface area contributed by atoms with Gasteiger partial charge in [-0.2, -0.15) is 0 Å². The van der Waals surface area contributed by atoms with Crippen LogP contribution in [0.25, 0.3) is 10.8 Å². The van der Waals surface area contributed by atoms with Crippen LogP contribution in [-0.4, -0.2) is 39.3 Å². The predicted octanol–water partition coefficient (Wildman–Crippen LogP) is 1.48. The van der Waals surface area contributed by atoms with Crippen molar-refractivity contribution in [3.8, 4) is 0 Å². The highest BCUT2D eigenvalue weighted by atomic mass is 32.2. The van der Waals surface area contributed by atoms with Crippen LogP contribution in [0, 0.1) is 5.92 Å². The van der Waals surface area contributed by atoms with Crippen molar-refractivity contribution in [2.24, 2.45) is 5.92 Å². The standard InChI is InChI=1S/C17H22N2O3S/c20-10-8-15-12-18-9-7-17(15)19-23(21,22)16-6-5-13-3-1-2-4-14(13)11-16/h1-6,11,15,17-20H,7-10,12H2/t15-,17+/m0/s1. The molecule has 5 nitrogen and oxygen atoms in total. The van der Waals surface area contributed by atoms with Crippen LogP contribution in [0.4, 0.5) is 0 Å². The van der Waals surface area contributed by atoms with Gasteiger partial charge in [0.15, 0.2) is 0 Å². The third-order valence-corrected chi connectivity index (χ3v) is 5.93. The van der Waals surface area contributed by atoms with Gasteiger partial charge in [0, 0.05) is 12.6 Å². The molecule has 0 aliphatic carbocycles. The Labute approximate surface area is 136 Å². The van der Waals surface area contributed by atoms with Crippen LogP contribution in [0.2, 0.25) is 0 Å². The van der Waals surface area contributed by atoms with Gasteiger partial charge in [0.2, 0.25) is 10.0 Å². The summed E-state index contributed by atoms with van der Waals surface area (Å²) in [7, 11) is -3.56. The van der Waals surface area contributed by atoms with E-state index in [1.807, 2.05) is 30.3 Å². The fraction of sp³-hybridized carbons (Fsp3) is 0.412. The van der Waals surface area contributed by atoms with Gasteiger partial charge in [0.1, 0.15) is 0 Å². The normalized spacial score (nSPS) is 22.3. The lowest BCUT2D eigenvalue weighted by Gasteiger charge is -2.32. The van der Waals surface area contributed by atoms with Gasteiger partial charge in [-0.1, -0.05) is 30.3 Å². The summed E-state index contributed by atoms with van der Waals surface area (Å²) in [5, 5.41) is 14.3. The largest absolute Gasteiger partial charge is 0.396 e. The Morgan fingerprint density at radius 2 is 1.96 bits per heavy atom. The van der Waals surface area contributed by atoms with E-state index in [1.165, 1.54) is 0 Å². The Morgan fingerprint density at radius 1 is 1.17 bits per heavy atom. The van der Waals surface area contributed by atoms with Crippen molar-refractivity contribution in [3.63, 3.8) is 0 Å². The molecule has 2 atom stereocenters. The van der Waals surface area contributed by atoms with Crippen LogP contribution in [0.5, 0.6) is 0 Å². The summed E-state index contributed by atoms with van der Waals surface area (Å²) in [6.45, 7) is 1.58. The number of nitrogens with one attached hydrogen (secondary N) is 2. The minimum absolute atomic E-state index is 0.0700. The van der Waals surface area contributed by atoms with E-state index in [9.17, 15) is 8.42 Å². The summed E-state index contributed by atoms with van der Waals surface area (Å²) < 4.78 is 28.2. The summed E-state index contributed by atoms with van der Waals surface area (Å²) in [5.41, 5.74) is 0. The number of aliphatic hydroxyl groups is 1. The second-order valence-electron chi connectivity index (χ2n) is 6.00. The molecule has 1 heterocycles. The molecule has 0 saturated carbocycles. The SMILES string of the molecule is O=S(=O)(N[C@@H]1CCNC[C@@H]1CCO)c1ccc2ccccc2c1. The van der Waals surface area contributed by atoms with Crippen molar-refractivity contribution < 1.29 is 13.5 Å². The van der Waals surface area contributed by atoms with Crippen LogP contribution >= 0.6 is 0 Å². The number of rotatable bonds is 5. The third kappa shape index (κ3) is 3.72. The Bertz CT molecular complexity index is 774. The van der Waals surface area contributed by atoms with Crippen LogP contribution in [0.15, 0.2) is 47.4 Å². The van der Waals surface area contributed by atoms with Gasteiger partial charge in [-0.25, -0.2) is 13.1 Å². The number of sulfonamides is 1. The molecule has 6 heteroatoms. The van der Waals surface area contributed by atoms with E-state index in [1.54, 1.807) is 12.1 Å². The van der Waals surface area contributed by atoms with Crippen LogP contribution in [0.3, 0.4) is 0 Å². The summed E-state index contributed by atoms with van der Waals surface area (Å²) in [5.74, 6) is 0.115. The zero-order valence-corrected chi connectivity index (χ0v) is 13.7. The Balaban J connectivity index is 1.84. The topological polar surface area (TPSA) is 78.4 Å². The zero-order valence-electron chi connectivity index (χ0n) is 12.9. The second kappa shape index (κ2) is 6.97. The highest BCUT2D eigenvalue weighted by molar-refractivity contribution is 7.89. The monoisotopic (exact) mass is 334 g/mol. The zero-order chi connectivity index (χ0) is 16.3. The van der Waals surface area contributed by atoms with E-state index in [4.69, 9.17) is 5.11 Å². The molecule has 2 aromatic rings. The molecular formula is C17H22N2O3S. The van der Waals surface area contributed by atoms with Gasteiger partial charge in [0.25, 0.3) is 0 Å². The molecule has 2 aromatic carbocycles. The molecule has 0 bridgehead atoms. The first-order chi connectivity index (χ1) is 11.1. The number of aliphatic hydroxyl groups excluding tert-OH is 1. The second-order valence-corrected chi connectivity index (χ2v) is 7.72. The summed E-state index contributed by atoms with van der Waals surface area (Å²) in [4.78, 5) is 0.289. The van der Waals surface area contributed by atoms with Crippen LogP contribution in [-0.2, 0) is 10.0 Å². The van der Waals surface area contributed by atoms with Crippen molar-refractivity contribution in [1.82, 2.24) is 10.0 Å². The third-order valence-electron chi connectivity index (χ3n) is 4.45. The molecule has 1 aliphatic heterocycles. The van der Waals surface area contributed by atoms with Gasteiger partial charge in [-0.05, 0) is 54.8 Å². The molecule has 1 fully saturated rings. The minimum atomic E-state index is -3.56. The Morgan fingerprint density at radius 3 is 2.74 bits per heavy atom. The van der Waals surface area contributed by atoms with Gasteiger partial charge in [-0.15, -0.1) is 0 Å². The number of fused-ring (bicyclic) bond motifs is 1. The van der Waals surface area contributed by atoms with Crippen molar-refractivity contribution in [2.75, 3.05) is 19.7 Å². The molecule has 0 spiro atoms. The maximum Gasteiger partial charge on any atom is 0.240 e. The molecule has 3 N–H and O–H groups in total. The number of benzene rings is 2. The predicted molar refractivity (Wildman–Crippen MR) is 90.7 cm³/mol. The average molecular weight is 334 g/mol. The highest BCUT2D eigenvalue weighted by Crippen LogP contribution is 2.21. The van der Waals surface area contributed by atoms with Gasteiger partial charge in [0.05, 0.1) is 4.90 Å². The first-order valence-corrected chi connectivity index (χ1v) is 9.41. The molecule has 1 aliphatic rings. The molecule has 0 unspecified atom stereocenters. The van der Waals surface area contributed by atoms with E-state index in [2.05, 4.69) is 10.0 Å².